The predicted octanol–water partition coefficient (Wildman–Crippen LogP) is 2.18. The van der Waals surface area contributed by atoms with Gasteiger partial charge in [0.2, 0.25) is 11.8 Å². The van der Waals surface area contributed by atoms with Crippen molar-refractivity contribution in [2.75, 3.05) is 11.9 Å². The molecule has 0 radical (unpaired) electrons. The molecule has 0 saturated carbocycles. The lowest BCUT2D eigenvalue weighted by molar-refractivity contribution is -0.125. The van der Waals surface area contributed by atoms with E-state index in [1.54, 1.807) is 12.1 Å². The number of benzene rings is 1. The zero-order chi connectivity index (χ0) is 19.3. The van der Waals surface area contributed by atoms with Crippen LogP contribution >= 0.6 is 24.0 Å². The van der Waals surface area contributed by atoms with Gasteiger partial charge in [-0.25, -0.2) is 9.07 Å². The summed E-state index contributed by atoms with van der Waals surface area (Å²) in [5.74, 6) is -0.934. The topological polar surface area (TPSA) is 102 Å². The van der Waals surface area contributed by atoms with E-state index < -0.39 is 17.8 Å². The van der Waals surface area contributed by atoms with Crippen LogP contribution in [0.2, 0.25) is 5.02 Å². The molecule has 0 bridgehead atoms. The van der Waals surface area contributed by atoms with Crippen LogP contribution in [0.5, 0.6) is 0 Å². The first-order chi connectivity index (χ1) is 12.3. The normalized spacial score (nSPS) is 11.6. The van der Waals surface area contributed by atoms with Crippen LogP contribution in [0.4, 0.5) is 10.2 Å². The molecule has 0 saturated heterocycles. The summed E-state index contributed by atoms with van der Waals surface area (Å²) < 4.78 is 15.0. The van der Waals surface area contributed by atoms with Gasteiger partial charge in [-0.15, -0.1) is 12.4 Å². The molecule has 1 aromatic heterocycles. The summed E-state index contributed by atoms with van der Waals surface area (Å²) in [7, 11) is 0. The first-order valence-corrected chi connectivity index (χ1v) is 8.44. The molecular formula is C17H22Cl2FN5O2. The molecule has 0 aliphatic carbocycles. The fraction of sp³-hybridized carbons (Fsp3) is 0.353. The lowest BCUT2D eigenvalue weighted by Crippen LogP contribution is -2.46. The predicted molar refractivity (Wildman–Crippen MR) is 104 cm³/mol. The Hall–Kier alpha value is -2.16. The van der Waals surface area contributed by atoms with E-state index in [4.69, 9.17) is 17.3 Å². The highest BCUT2D eigenvalue weighted by molar-refractivity contribution is 6.30. The molecule has 0 unspecified atom stereocenters. The molecule has 2 aromatic rings. The molecule has 1 heterocycles. The molecule has 148 valence electrons. The second-order valence-electron chi connectivity index (χ2n) is 6.16. The van der Waals surface area contributed by atoms with E-state index in [1.165, 1.54) is 23.0 Å². The summed E-state index contributed by atoms with van der Waals surface area (Å²) in [4.78, 5) is 23.8. The van der Waals surface area contributed by atoms with Crippen LogP contribution in [-0.2, 0) is 16.1 Å². The Morgan fingerprint density at radius 3 is 2.67 bits per heavy atom. The quantitative estimate of drug-likeness (QED) is 0.642. The number of carbonyl (C=O) groups is 2. The molecule has 4 N–H and O–H groups in total. The second-order valence-corrected chi connectivity index (χ2v) is 6.57. The van der Waals surface area contributed by atoms with Crippen molar-refractivity contribution in [1.29, 1.82) is 0 Å². The average molecular weight is 418 g/mol. The second kappa shape index (κ2) is 10.2. The number of rotatable bonds is 7. The van der Waals surface area contributed by atoms with Crippen LogP contribution in [0.25, 0.3) is 0 Å². The number of amides is 2. The molecule has 27 heavy (non-hydrogen) atoms. The lowest BCUT2D eigenvalue weighted by Gasteiger charge is -2.15. The summed E-state index contributed by atoms with van der Waals surface area (Å²) in [6.07, 6.45) is 1.51. The maximum absolute atomic E-state index is 13.5. The van der Waals surface area contributed by atoms with Crippen LogP contribution in [0, 0.1) is 11.7 Å². The number of nitrogens with two attached hydrogens (primary N) is 1. The largest absolute Gasteiger partial charge is 0.346 e. The van der Waals surface area contributed by atoms with Gasteiger partial charge in [0.15, 0.2) is 0 Å². The molecule has 7 nitrogen and oxygen atoms in total. The minimum absolute atomic E-state index is 0. The van der Waals surface area contributed by atoms with Crippen molar-refractivity contribution in [3.63, 3.8) is 0 Å². The maximum atomic E-state index is 13.5. The third kappa shape index (κ3) is 6.50. The van der Waals surface area contributed by atoms with Gasteiger partial charge in [0.05, 0.1) is 30.4 Å². The number of nitrogens with zero attached hydrogens (tertiary/aromatic N) is 2. The van der Waals surface area contributed by atoms with E-state index in [0.717, 1.165) is 0 Å². The van der Waals surface area contributed by atoms with Crippen molar-refractivity contribution in [2.24, 2.45) is 11.7 Å². The fourth-order valence-electron chi connectivity index (χ4n) is 2.15. The Labute approximate surface area is 167 Å². The van der Waals surface area contributed by atoms with E-state index in [9.17, 15) is 14.0 Å². The Balaban J connectivity index is 0.00000364. The Morgan fingerprint density at radius 2 is 2.04 bits per heavy atom. The monoisotopic (exact) mass is 417 g/mol. The number of aromatic nitrogens is 2. The van der Waals surface area contributed by atoms with Gasteiger partial charge in [0.25, 0.3) is 0 Å². The summed E-state index contributed by atoms with van der Waals surface area (Å²) in [6.45, 7) is 3.69. The Bertz CT molecular complexity index is 797. The molecular weight excluding hydrogens is 396 g/mol. The van der Waals surface area contributed by atoms with Crippen LogP contribution in [0.15, 0.2) is 30.5 Å². The molecule has 1 atom stereocenters. The lowest BCUT2D eigenvalue weighted by atomic mass is 10.1. The summed E-state index contributed by atoms with van der Waals surface area (Å²) in [6, 6.07) is 5.37. The molecule has 0 aliphatic rings. The number of hydrogen-bond donors (Lipinski definition) is 3. The smallest absolute Gasteiger partial charge is 0.244 e. The minimum atomic E-state index is -0.673. The third-order valence-electron chi connectivity index (χ3n) is 3.74. The summed E-state index contributed by atoms with van der Waals surface area (Å²) in [5.41, 5.74) is 6.36. The molecule has 2 rings (SSSR count). The molecule has 0 spiro atoms. The molecule has 2 amide bonds. The van der Waals surface area contributed by atoms with E-state index in [2.05, 4.69) is 15.7 Å². The van der Waals surface area contributed by atoms with Gasteiger partial charge in [-0.05, 0) is 23.6 Å². The van der Waals surface area contributed by atoms with E-state index in [0.29, 0.717) is 11.4 Å². The SMILES string of the molecule is CC(C)[C@H](N)C(=O)NCC(=O)Nc1ccnn1Cc1ccc(Cl)c(F)c1.Cl. The first-order valence-electron chi connectivity index (χ1n) is 8.06. The van der Waals surface area contributed by atoms with Gasteiger partial charge >= 0.3 is 0 Å². The van der Waals surface area contributed by atoms with Crippen LogP contribution in [0.1, 0.15) is 19.4 Å². The fourth-order valence-corrected chi connectivity index (χ4v) is 2.27. The zero-order valence-corrected chi connectivity index (χ0v) is 16.5. The minimum Gasteiger partial charge on any atom is -0.346 e. The Morgan fingerprint density at radius 1 is 1.33 bits per heavy atom. The van der Waals surface area contributed by atoms with Gasteiger partial charge in [-0.2, -0.15) is 5.10 Å². The molecule has 1 aromatic carbocycles. The average Bonchev–Trinajstić information content (AvgIpc) is 3.01. The van der Waals surface area contributed by atoms with Crippen molar-refractivity contribution in [1.82, 2.24) is 15.1 Å². The zero-order valence-electron chi connectivity index (χ0n) is 14.9. The van der Waals surface area contributed by atoms with Gasteiger partial charge in [-0.1, -0.05) is 31.5 Å². The van der Waals surface area contributed by atoms with Crippen molar-refractivity contribution in [3.05, 3.63) is 46.9 Å². The highest BCUT2D eigenvalue weighted by Crippen LogP contribution is 2.17. The van der Waals surface area contributed by atoms with Gasteiger partial charge < -0.3 is 16.4 Å². The summed E-state index contributed by atoms with van der Waals surface area (Å²) in [5, 5.41) is 9.28. The standard InChI is InChI=1S/C17H21ClFN5O2.ClH/c1-10(2)16(20)17(26)21-8-15(25)23-14-5-6-22-24(14)9-11-3-4-12(18)13(19)7-11;/h3-7,10,16H,8-9,20H2,1-2H3,(H,21,26)(H,23,25);1H/t16-;/m0./s1. The number of halogens is 3. The van der Waals surface area contributed by atoms with Gasteiger partial charge in [-0.3, -0.25) is 9.59 Å². The van der Waals surface area contributed by atoms with E-state index in [-0.39, 0.29) is 42.3 Å². The number of anilines is 1. The first kappa shape index (κ1) is 22.9. The van der Waals surface area contributed by atoms with E-state index in [1.807, 2.05) is 13.8 Å². The molecule has 0 aliphatic heterocycles. The van der Waals surface area contributed by atoms with Crippen LogP contribution in [-0.4, -0.2) is 34.2 Å². The van der Waals surface area contributed by atoms with Gasteiger partial charge in [0, 0.05) is 6.07 Å². The van der Waals surface area contributed by atoms with Crippen LogP contribution in [0.3, 0.4) is 0 Å². The highest BCUT2D eigenvalue weighted by atomic mass is 35.5. The number of hydrogen-bond acceptors (Lipinski definition) is 4. The molecule has 10 heteroatoms. The third-order valence-corrected chi connectivity index (χ3v) is 4.05. The molecule has 0 fully saturated rings. The van der Waals surface area contributed by atoms with E-state index >= 15 is 0 Å². The maximum Gasteiger partial charge on any atom is 0.244 e. The van der Waals surface area contributed by atoms with Crippen molar-refractivity contribution in [2.45, 2.75) is 26.4 Å². The number of carbonyl (C=O) groups excluding carboxylic acids is 2. The van der Waals surface area contributed by atoms with Crippen molar-refractivity contribution in [3.8, 4) is 0 Å². The van der Waals surface area contributed by atoms with Crippen LogP contribution < -0.4 is 16.4 Å². The summed E-state index contributed by atoms with van der Waals surface area (Å²) >= 11 is 5.67. The van der Waals surface area contributed by atoms with Crippen molar-refractivity contribution < 1.29 is 14.0 Å². The number of nitrogens with one attached hydrogen (secondary N) is 2. The van der Waals surface area contributed by atoms with Crippen molar-refractivity contribution >= 4 is 41.6 Å². The van der Waals surface area contributed by atoms with Gasteiger partial charge in [0.1, 0.15) is 11.6 Å². The Kier molecular flexibility index (Phi) is 8.68. The highest BCUT2D eigenvalue weighted by Gasteiger charge is 2.18.